The molecule has 5 rings (SSSR count). The number of H-pyrrole nitrogens is 1. The fourth-order valence-electron chi connectivity index (χ4n) is 4.40. The summed E-state index contributed by atoms with van der Waals surface area (Å²) >= 11 is 0. The molecule has 1 aliphatic rings. The zero-order chi connectivity index (χ0) is 19.8. The molecule has 0 bridgehead atoms. The van der Waals surface area contributed by atoms with Gasteiger partial charge in [-0.05, 0) is 66.5 Å². The number of anilines is 1. The summed E-state index contributed by atoms with van der Waals surface area (Å²) in [6, 6.07) is 13.1. The van der Waals surface area contributed by atoms with E-state index in [9.17, 15) is 0 Å². The van der Waals surface area contributed by atoms with Crippen molar-refractivity contribution < 1.29 is 0 Å². The number of rotatable bonds is 4. The summed E-state index contributed by atoms with van der Waals surface area (Å²) in [6.45, 7) is 2.78. The number of benzene rings is 2. The average Bonchev–Trinajstić information content (AvgIpc) is 3.37. The van der Waals surface area contributed by atoms with E-state index in [0.29, 0.717) is 12.4 Å². The maximum atomic E-state index is 6.37. The molecule has 5 nitrogen and oxygen atoms in total. The van der Waals surface area contributed by atoms with Crippen molar-refractivity contribution in [2.75, 3.05) is 5.73 Å². The standard InChI is InChI=1S/C24H25N5/c1-16-12-18(17-6-3-2-4-7-17)10-11-20(16)21-8-5-9-22-23(21)24(25)28-29(22)14-19-13-26-15-27-19/h5-6,8-13,15H,2-4,7,14H2,1H3,(H2,25,28)(H,26,27). The van der Waals surface area contributed by atoms with E-state index in [1.165, 1.54) is 47.9 Å². The molecule has 0 aliphatic heterocycles. The Morgan fingerprint density at radius 1 is 1.14 bits per heavy atom. The second kappa shape index (κ2) is 7.24. The summed E-state index contributed by atoms with van der Waals surface area (Å²) in [6.07, 6.45) is 10.9. The summed E-state index contributed by atoms with van der Waals surface area (Å²) in [5.74, 6) is 0.560. The molecule has 2 aromatic heterocycles. The van der Waals surface area contributed by atoms with Gasteiger partial charge in [0.1, 0.15) is 0 Å². The minimum absolute atomic E-state index is 0.560. The van der Waals surface area contributed by atoms with Crippen LogP contribution < -0.4 is 5.73 Å². The molecule has 0 atom stereocenters. The highest BCUT2D eigenvalue weighted by Gasteiger charge is 2.16. The molecule has 0 spiro atoms. The first-order valence-corrected chi connectivity index (χ1v) is 10.2. The van der Waals surface area contributed by atoms with E-state index in [4.69, 9.17) is 5.73 Å². The third-order valence-electron chi connectivity index (χ3n) is 5.85. The summed E-state index contributed by atoms with van der Waals surface area (Å²) in [5.41, 5.74) is 14.8. The predicted octanol–water partition coefficient (Wildman–Crippen LogP) is 5.32. The van der Waals surface area contributed by atoms with Gasteiger partial charge >= 0.3 is 0 Å². The Bertz CT molecular complexity index is 1200. The van der Waals surface area contributed by atoms with Crippen molar-refractivity contribution in [3.8, 4) is 11.1 Å². The lowest BCUT2D eigenvalue weighted by atomic mass is 9.90. The molecule has 0 saturated carbocycles. The van der Waals surface area contributed by atoms with Crippen molar-refractivity contribution in [2.24, 2.45) is 0 Å². The molecule has 3 N–H and O–H groups in total. The van der Waals surface area contributed by atoms with Crippen LogP contribution in [0.5, 0.6) is 0 Å². The molecule has 2 aromatic carbocycles. The lowest BCUT2D eigenvalue weighted by Gasteiger charge is -2.15. The van der Waals surface area contributed by atoms with Gasteiger partial charge in [0.05, 0.1) is 29.5 Å². The quantitative estimate of drug-likeness (QED) is 0.501. The van der Waals surface area contributed by atoms with Gasteiger partial charge in [-0.2, -0.15) is 5.10 Å². The van der Waals surface area contributed by atoms with Crippen LogP contribution in [0.15, 0.2) is 55.0 Å². The van der Waals surface area contributed by atoms with Crippen molar-refractivity contribution in [1.29, 1.82) is 0 Å². The fraction of sp³-hybridized carbons (Fsp3) is 0.250. The van der Waals surface area contributed by atoms with E-state index in [1.807, 2.05) is 10.9 Å². The van der Waals surface area contributed by atoms with E-state index in [1.54, 1.807) is 6.33 Å². The van der Waals surface area contributed by atoms with E-state index >= 15 is 0 Å². The number of aromatic amines is 1. The Labute approximate surface area is 170 Å². The Hall–Kier alpha value is -3.34. The van der Waals surface area contributed by atoms with Crippen molar-refractivity contribution in [3.63, 3.8) is 0 Å². The summed E-state index contributed by atoms with van der Waals surface area (Å²) < 4.78 is 1.93. The molecule has 4 aromatic rings. The number of nitrogen functional groups attached to an aromatic ring is 1. The van der Waals surface area contributed by atoms with Gasteiger partial charge in [0.25, 0.3) is 0 Å². The lowest BCUT2D eigenvalue weighted by molar-refractivity contribution is 0.703. The number of aryl methyl sites for hydroxylation is 1. The largest absolute Gasteiger partial charge is 0.382 e. The van der Waals surface area contributed by atoms with Crippen LogP contribution in [0.2, 0.25) is 0 Å². The van der Waals surface area contributed by atoms with Crippen molar-refractivity contribution in [3.05, 3.63) is 71.8 Å². The summed E-state index contributed by atoms with van der Waals surface area (Å²) in [7, 11) is 0. The van der Waals surface area contributed by atoms with Crippen LogP contribution in [0.4, 0.5) is 5.82 Å². The molecule has 0 radical (unpaired) electrons. The molecule has 0 amide bonds. The van der Waals surface area contributed by atoms with Crippen LogP contribution in [0.25, 0.3) is 27.6 Å². The Morgan fingerprint density at radius 2 is 2.07 bits per heavy atom. The smallest absolute Gasteiger partial charge is 0.154 e. The first kappa shape index (κ1) is 17.7. The van der Waals surface area contributed by atoms with Gasteiger partial charge in [-0.15, -0.1) is 0 Å². The maximum absolute atomic E-state index is 6.37. The highest BCUT2D eigenvalue weighted by Crippen LogP contribution is 2.36. The molecule has 0 fully saturated rings. The lowest BCUT2D eigenvalue weighted by Crippen LogP contribution is -2.02. The Morgan fingerprint density at radius 3 is 2.83 bits per heavy atom. The second-order valence-corrected chi connectivity index (χ2v) is 7.81. The van der Waals surface area contributed by atoms with Gasteiger partial charge in [-0.25, -0.2) is 4.98 Å². The second-order valence-electron chi connectivity index (χ2n) is 7.81. The van der Waals surface area contributed by atoms with Crippen molar-refractivity contribution in [2.45, 2.75) is 39.2 Å². The number of imidazole rings is 1. The minimum atomic E-state index is 0.560. The van der Waals surface area contributed by atoms with Gasteiger partial charge in [-0.1, -0.05) is 36.4 Å². The number of nitrogens with two attached hydrogens (primary N) is 1. The van der Waals surface area contributed by atoms with Crippen LogP contribution in [0.1, 0.15) is 42.5 Å². The number of fused-ring (bicyclic) bond motifs is 1. The summed E-state index contributed by atoms with van der Waals surface area (Å²) in [5, 5.41) is 5.61. The third kappa shape index (κ3) is 3.23. The molecule has 1 aliphatic carbocycles. The molecular formula is C24H25N5. The summed E-state index contributed by atoms with van der Waals surface area (Å²) in [4.78, 5) is 7.31. The topological polar surface area (TPSA) is 72.5 Å². The number of nitrogens with zero attached hydrogens (tertiary/aromatic N) is 3. The number of hydrogen-bond acceptors (Lipinski definition) is 3. The maximum Gasteiger partial charge on any atom is 0.154 e. The third-order valence-corrected chi connectivity index (χ3v) is 5.85. The fourth-order valence-corrected chi connectivity index (χ4v) is 4.40. The first-order chi connectivity index (χ1) is 14.2. The van der Waals surface area contributed by atoms with Crippen LogP contribution in [0, 0.1) is 6.92 Å². The van der Waals surface area contributed by atoms with Crippen molar-refractivity contribution in [1.82, 2.24) is 19.7 Å². The molecular weight excluding hydrogens is 358 g/mol. The van der Waals surface area contributed by atoms with Gasteiger partial charge in [0.2, 0.25) is 0 Å². The van der Waals surface area contributed by atoms with E-state index in [0.717, 1.165) is 22.2 Å². The average molecular weight is 383 g/mol. The molecule has 146 valence electrons. The van der Waals surface area contributed by atoms with E-state index in [2.05, 4.69) is 64.5 Å². The van der Waals surface area contributed by atoms with Crippen molar-refractivity contribution >= 4 is 22.3 Å². The zero-order valence-electron chi connectivity index (χ0n) is 16.7. The van der Waals surface area contributed by atoms with Gasteiger partial charge in [0, 0.05) is 6.20 Å². The molecule has 0 unspecified atom stereocenters. The van der Waals surface area contributed by atoms with E-state index < -0.39 is 0 Å². The molecule has 5 heteroatoms. The first-order valence-electron chi connectivity index (χ1n) is 10.2. The van der Waals surface area contributed by atoms with Crippen LogP contribution >= 0.6 is 0 Å². The molecule has 0 saturated heterocycles. The number of nitrogens with one attached hydrogen (secondary N) is 1. The Balaban J connectivity index is 1.58. The van der Waals surface area contributed by atoms with Gasteiger partial charge in [-0.3, -0.25) is 4.68 Å². The highest BCUT2D eigenvalue weighted by molar-refractivity contribution is 6.02. The highest BCUT2D eigenvalue weighted by atomic mass is 15.3. The monoisotopic (exact) mass is 383 g/mol. The van der Waals surface area contributed by atoms with Crippen LogP contribution in [-0.4, -0.2) is 19.7 Å². The SMILES string of the molecule is Cc1cc(C2=CCCCC2)ccc1-c1cccc2c1c(N)nn2Cc1c[nH]cn1. The number of hydrogen-bond donors (Lipinski definition) is 2. The zero-order valence-corrected chi connectivity index (χ0v) is 16.7. The molecule has 2 heterocycles. The predicted molar refractivity (Wildman–Crippen MR) is 118 cm³/mol. The number of allylic oxidation sites excluding steroid dienone is 2. The number of aromatic nitrogens is 4. The van der Waals surface area contributed by atoms with Crippen LogP contribution in [-0.2, 0) is 6.54 Å². The Kier molecular flexibility index (Phi) is 4.43. The van der Waals surface area contributed by atoms with E-state index in [-0.39, 0.29) is 0 Å². The normalized spacial score (nSPS) is 14.3. The minimum Gasteiger partial charge on any atom is -0.382 e. The van der Waals surface area contributed by atoms with Gasteiger partial charge < -0.3 is 10.7 Å². The van der Waals surface area contributed by atoms with Crippen LogP contribution in [0.3, 0.4) is 0 Å². The van der Waals surface area contributed by atoms with Gasteiger partial charge in [0.15, 0.2) is 5.82 Å². The molecule has 29 heavy (non-hydrogen) atoms.